The highest BCUT2D eigenvalue weighted by atomic mass is 35.5. The van der Waals surface area contributed by atoms with Crippen molar-refractivity contribution >= 4 is 40.9 Å². The van der Waals surface area contributed by atoms with Crippen LogP contribution in [0.3, 0.4) is 0 Å². The van der Waals surface area contributed by atoms with Crippen LogP contribution in [-0.4, -0.2) is 23.9 Å². The number of halogens is 2. The first-order chi connectivity index (χ1) is 17.8. The summed E-state index contributed by atoms with van der Waals surface area (Å²) in [5.74, 6) is 0.337. The maximum Gasteiger partial charge on any atom is 0.254 e. The number of hydrogen-bond acceptors (Lipinski definition) is 4. The van der Waals surface area contributed by atoms with E-state index in [2.05, 4.69) is 0 Å². The predicted molar refractivity (Wildman–Crippen MR) is 157 cm³/mol. The summed E-state index contributed by atoms with van der Waals surface area (Å²) in [6, 6.07) is 21.9. The standard InChI is InChI=1S/C31H33ClN2O3.ClH/c1-20(2)28(34(17-7-16-33)31(36)23-12-10-21(3)11-13-23)30-26(18-22-8-5-4-6-9-22)29(35)25-15-14-24(32)19-27(25)37-30;/h4-6,8-15,19-20,28H,7,16-18,33H2,1-3H3;1H/t28-;/m1./s1. The van der Waals surface area contributed by atoms with Crippen LogP contribution in [0, 0.1) is 12.8 Å². The smallest absolute Gasteiger partial charge is 0.254 e. The molecule has 4 aromatic rings. The molecule has 1 amide bonds. The van der Waals surface area contributed by atoms with Crippen molar-refractivity contribution in [2.24, 2.45) is 11.7 Å². The van der Waals surface area contributed by atoms with Crippen molar-refractivity contribution in [1.29, 1.82) is 0 Å². The fourth-order valence-electron chi connectivity index (χ4n) is 4.72. The number of hydrogen-bond donors (Lipinski definition) is 1. The molecule has 0 saturated heterocycles. The van der Waals surface area contributed by atoms with Crippen molar-refractivity contribution in [3.63, 3.8) is 0 Å². The van der Waals surface area contributed by atoms with E-state index in [0.717, 1.165) is 11.1 Å². The van der Waals surface area contributed by atoms with Crippen molar-refractivity contribution in [2.45, 2.75) is 39.7 Å². The Kier molecular flexibility index (Phi) is 10.1. The maximum absolute atomic E-state index is 13.9. The highest BCUT2D eigenvalue weighted by molar-refractivity contribution is 6.31. The third-order valence-electron chi connectivity index (χ3n) is 6.60. The van der Waals surface area contributed by atoms with Gasteiger partial charge in [-0.25, -0.2) is 0 Å². The summed E-state index contributed by atoms with van der Waals surface area (Å²) in [6.07, 6.45) is 1.02. The minimum Gasteiger partial charge on any atom is -0.458 e. The zero-order valence-corrected chi connectivity index (χ0v) is 23.5. The number of rotatable bonds is 9. The van der Waals surface area contributed by atoms with Gasteiger partial charge < -0.3 is 15.1 Å². The Labute approximate surface area is 235 Å². The van der Waals surface area contributed by atoms with Crippen LogP contribution in [0.1, 0.15) is 59.1 Å². The van der Waals surface area contributed by atoms with Crippen LogP contribution in [-0.2, 0) is 6.42 Å². The summed E-state index contributed by atoms with van der Waals surface area (Å²) in [7, 11) is 0. The second kappa shape index (κ2) is 13.1. The molecule has 7 heteroatoms. The molecule has 4 rings (SSSR count). The second-order valence-electron chi connectivity index (χ2n) is 9.77. The van der Waals surface area contributed by atoms with Gasteiger partial charge in [0.2, 0.25) is 0 Å². The molecule has 5 nitrogen and oxygen atoms in total. The molecule has 1 heterocycles. The first kappa shape index (κ1) is 29.4. The van der Waals surface area contributed by atoms with E-state index >= 15 is 0 Å². The average molecular weight is 554 g/mol. The molecule has 0 aliphatic heterocycles. The lowest BCUT2D eigenvalue weighted by Gasteiger charge is -2.35. The zero-order valence-electron chi connectivity index (χ0n) is 21.9. The Morgan fingerprint density at radius 1 is 1.03 bits per heavy atom. The third-order valence-corrected chi connectivity index (χ3v) is 6.84. The highest BCUT2D eigenvalue weighted by Gasteiger charge is 2.33. The van der Waals surface area contributed by atoms with E-state index in [1.807, 2.05) is 80.3 Å². The fourth-order valence-corrected chi connectivity index (χ4v) is 4.89. The van der Waals surface area contributed by atoms with Crippen LogP contribution in [0.2, 0.25) is 5.02 Å². The zero-order chi connectivity index (χ0) is 26.5. The molecule has 1 aromatic heterocycles. The largest absolute Gasteiger partial charge is 0.458 e. The van der Waals surface area contributed by atoms with Crippen LogP contribution >= 0.6 is 24.0 Å². The number of fused-ring (bicyclic) bond motifs is 1. The second-order valence-corrected chi connectivity index (χ2v) is 10.2. The molecular formula is C31H34Cl2N2O3. The summed E-state index contributed by atoms with van der Waals surface area (Å²) < 4.78 is 6.51. The van der Waals surface area contributed by atoms with E-state index in [9.17, 15) is 9.59 Å². The van der Waals surface area contributed by atoms with E-state index in [1.165, 1.54) is 0 Å². The summed E-state index contributed by atoms with van der Waals surface area (Å²) >= 11 is 6.27. The number of nitrogens with zero attached hydrogens (tertiary/aromatic N) is 1. The lowest BCUT2D eigenvalue weighted by atomic mass is 9.91. The average Bonchev–Trinajstić information content (AvgIpc) is 2.88. The summed E-state index contributed by atoms with van der Waals surface area (Å²) in [6.45, 7) is 6.95. The molecule has 1 atom stereocenters. The molecule has 0 aliphatic carbocycles. The quantitative estimate of drug-likeness (QED) is 0.243. The molecule has 0 bridgehead atoms. The van der Waals surface area contributed by atoms with Crippen LogP contribution in [0.5, 0.6) is 0 Å². The topological polar surface area (TPSA) is 76.5 Å². The van der Waals surface area contributed by atoms with Gasteiger partial charge >= 0.3 is 0 Å². The van der Waals surface area contributed by atoms with Crippen LogP contribution in [0.4, 0.5) is 0 Å². The first-order valence-corrected chi connectivity index (χ1v) is 13.0. The van der Waals surface area contributed by atoms with Crippen LogP contribution in [0.15, 0.2) is 82.0 Å². The van der Waals surface area contributed by atoms with Gasteiger partial charge in [0.05, 0.1) is 11.4 Å². The molecule has 0 fully saturated rings. The van der Waals surface area contributed by atoms with E-state index in [4.69, 9.17) is 21.8 Å². The van der Waals surface area contributed by atoms with Gasteiger partial charge in [-0.05, 0) is 55.6 Å². The Bertz CT molecular complexity index is 1430. The number of amides is 1. The van der Waals surface area contributed by atoms with Gasteiger partial charge in [0, 0.05) is 35.2 Å². The SMILES string of the molecule is Cc1ccc(C(=O)N(CCCN)[C@@H](c2oc3cc(Cl)ccc3c(=O)c2Cc2ccccc2)C(C)C)cc1.Cl. The lowest BCUT2D eigenvalue weighted by Crippen LogP contribution is -2.40. The van der Waals surface area contributed by atoms with Gasteiger partial charge in [-0.3, -0.25) is 9.59 Å². The minimum atomic E-state index is -0.477. The molecule has 0 aliphatic rings. The van der Waals surface area contributed by atoms with Crippen molar-refractivity contribution in [3.8, 4) is 0 Å². The molecule has 0 spiro atoms. The van der Waals surface area contributed by atoms with Crippen LogP contribution < -0.4 is 11.2 Å². The maximum atomic E-state index is 13.9. The summed E-state index contributed by atoms with van der Waals surface area (Å²) in [5, 5.41) is 0.953. The van der Waals surface area contributed by atoms with Crippen LogP contribution in [0.25, 0.3) is 11.0 Å². The normalized spacial score (nSPS) is 11.8. The number of benzene rings is 3. The Morgan fingerprint density at radius 3 is 2.34 bits per heavy atom. The monoisotopic (exact) mass is 552 g/mol. The van der Waals surface area contributed by atoms with Gasteiger partial charge in [-0.1, -0.05) is 73.5 Å². The summed E-state index contributed by atoms with van der Waals surface area (Å²) in [5.41, 5.74) is 9.38. The molecule has 200 valence electrons. The molecule has 3 aromatic carbocycles. The first-order valence-electron chi connectivity index (χ1n) is 12.7. The van der Waals surface area contributed by atoms with Gasteiger partial charge in [-0.2, -0.15) is 0 Å². The number of carbonyl (C=O) groups excluding carboxylic acids is 1. The number of nitrogens with two attached hydrogens (primary N) is 1. The third kappa shape index (κ3) is 6.47. The number of aryl methyl sites for hydroxylation is 1. The number of carbonyl (C=O) groups is 1. The minimum absolute atomic E-state index is 0. The molecule has 0 saturated carbocycles. The highest BCUT2D eigenvalue weighted by Crippen LogP contribution is 2.35. The van der Waals surface area contributed by atoms with Crippen molar-refractivity contribution < 1.29 is 9.21 Å². The Hall–Kier alpha value is -3.12. The van der Waals surface area contributed by atoms with Gasteiger partial charge in [0.25, 0.3) is 5.91 Å². The van der Waals surface area contributed by atoms with Crippen molar-refractivity contribution in [1.82, 2.24) is 4.90 Å². The van der Waals surface area contributed by atoms with Gasteiger partial charge in [0.15, 0.2) is 5.43 Å². The van der Waals surface area contributed by atoms with E-state index < -0.39 is 6.04 Å². The van der Waals surface area contributed by atoms with E-state index in [1.54, 1.807) is 18.2 Å². The van der Waals surface area contributed by atoms with Crippen molar-refractivity contribution in [3.05, 3.63) is 116 Å². The molecule has 38 heavy (non-hydrogen) atoms. The molecule has 0 unspecified atom stereocenters. The molecule has 0 radical (unpaired) electrons. The van der Waals surface area contributed by atoms with Gasteiger partial charge in [0.1, 0.15) is 11.3 Å². The fraction of sp³-hybridized carbons (Fsp3) is 0.290. The van der Waals surface area contributed by atoms with Gasteiger partial charge in [-0.15, -0.1) is 12.4 Å². The Balaban J connectivity index is 0.00000400. The van der Waals surface area contributed by atoms with Crippen molar-refractivity contribution in [2.75, 3.05) is 13.1 Å². The van der Waals surface area contributed by atoms with E-state index in [0.29, 0.717) is 58.8 Å². The van der Waals surface area contributed by atoms with E-state index in [-0.39, 0.29) is 29.7 Å². The lowest BCUT2D eigenvalue weighted by molar-refractivity contribution is 0.0587. The molecule has 2 N–H and O–H groups in total. The predicted octanol–water partition coefficient (Wildman–Crippen LogP) is 6.96. The molecular weight excluding hydrogens is 519 g/mol. The Morgan fingerprint density at radius 2 is 1.71 bits per heavy atom. The summed E-state index contributed by atoms with van der Waals surface area (Å²) in [4.78, 5) is 29.6.